The highest BCUT2D eigenvalue weighted by molar-refractivity contribution is 8.03. The molecule has 0 N–H and O–H groups in total. The number of carbonyl (C=O) groups is 2. The van der Waals surface area contributed by atoms with E-state index < -0.39 is 11.8 Å². The fraction of sp³-hybridized carbons (Fsp3) is 0.167. The normalized spacial score (nSPS) is 14.0. The number of amides is 2. The second kappa shape index (κ2) is 8.65. The smallest absolute Gasteiger partial charge is 0.272 e. The third kappa shape index (κ3) is 4.01. The Morgan fingerprint density at radius 2 is 1.87 bits per heavy atom. The second-order valence-corrected chi connectivity index (χ2v) is 8.57. The van der Waals surface area contributed by atoms with Gasteiger partial charge in [0.1, 0.15) is 11.5 Å². The topological polar surface area (TPSA) is 59.8 Å². The van der Waals surface area contributed by atoms with E-state index in [2.05, 4.69) is 0 Å². The molecule has 158 valence electrons. The summed E-state index contributed by atoms with van der Waals surface area (Å²) in [6.45, 7) is 3.92. The van der Waals surface area contributed by atoms with Crippen LogP contribution in [-0.4, -0.2) is 18.9 Å². The molecule has 0 aliphatic carbocycles. The Balaban J connectivity index is 1.83. The van der Waals surface area contributed by atoms with Crippen molar-refractivity contribution in [1.82, 2.24) is 0 Å². The summed E-state index contributed by atoms with van der Waals surface area (Å²) in [6, 6.07) is 14.3. The first-order chi connectivity index (χ1) is 14.9. The number of carbonyl (C=O) groups excluding carboxylic acids is 2. The molecule has 1 aromatic heterocycles. The highest BCUT2D eigenvalue weighted by atomic mass is 35.5. The molecule has 1 aliphatic heterocycles. The number of methoxy groups -OCH3 is 1. The van der Waals surface area contributed by atoms with Gasteiger partial charge in [-0.15, -0.1) is 11.8 Å². The molecule has 0 saturated heterocycles. The van der Waals surface area contributed by atoms with Gasteiger partial charge in [-0.05, 0) is 55.3 Å². The number of hydrogen-bond donors (Lipinski definition) is 0. The van der Waals surface area contributed by atoms with Gasteiger partial charge in [-0.1, -0.05) is 35.4 Å². The first kappa shape index (κ1) is 21.3. The Kier molecular flexibility index (Phi) is 5.94. The average molecular weight is 454 g/mol. The predicted octanol–water partition coefficient (Wildman–Crippen LogP) is 5.78. The molecule has 0 saturated carbocycles. The van der Waals surface area contributed by atoms with Gasteiger partial charge in [-0.25, -0.2) is 4.90 Å². The number of imide groups is 1. The molecule has 0 fully saturated rings. The summed E-state index contributed by atoms with van der Waals surface area (Å²) >= 11 is 7.46. The van der Waals surface area contributed by atoms with Gasteiger partial charge in [0, 0.05) is 5.02 Å². The van der Waals surface area contributed by atoms with Crippen LogP contribution < -0.4 is 9.64 Å². The zero-order chi connectivity index (χ0) is 22.1. The summed E-state index contributed by atoms with van der Waals surface area (Å²) in [5.41, 5.74) is 3.43. The fourth-order valence-corrected chi connectivity index (χ4v) is 4.74. The predicted molar refractivity (Wildman–Crippen MR) is 123 cm³/mol. The number of hydrogen-bond acceptors (Lipinski definition) is 5. The number of thioether (sulfide) groups is 1. The van der Waals surface area contributed by atoms with Gasteiger partial charge in [0.2, 0.25) is 0 Å². The van der Waals surface area contributed by atoms with Crippen molar-refractivity contribution in [2.45, 2.75) is 19.6 Å². The van der Waals surface area contributed by atoms with E-state index in [-0.39, 0.29) is 0 Å². The summed E-state index contributed by atoms with van der Waals surface area (Å²) < 4.78 is 10.8. The van der Waals surface area contributed by atoms with Gasteiger partial charge in [0.05, 0.1) is 35.3 Å². The standard InChI is InChI=1S/C24H20ClNO4S/c1-14-6-8-18(15(2)11-14)21-22(31-13-17-5-4-10-30-17)24(28)26(23(21)27)19-12-16(25)7-9-20(19)29-3/h4-12H,13H2,1-3H3. The lowest BCUT2D eigenvalue weighted by Crippen LogP contribution is -2.31. The molecule has 0 atom stereocenters. The molecule has 0 unspecified atom stereocenters. The van der Waals surface area contributed by atoms with E-state index in [9.17, 15) is 9.59 Å². The van der Waals surface area contributed by atoms with Crippen molar-refractivity contribution in [1.29, 1.82) is 0 Å². The molecule has 0 radical (unpaired) electrons. The summed E-state index contributed by atoms with van der Waals surface area (Å²) in [7, 11) is 1.49. The number of aryl methyl sites for hydroxylation is 2. The van der Waals surface area contributed by atoms with E-state index in [1.807, 2.05) is 38.1 Å². The largest absolute Gasteiger partial charge is 0.495 e. The maximum atomic E-state index is 13.6. The molecule has 0 bridgehead atoms. The summed E-state index contributed by atoms with van der Waals surface area (Å²) in [4.78, 5) is 28.6. The third-order valence-electron chi connectivity index (χ3n) is 5.01. The van der Waals surface area contributed by atoms with Crippen molar-refractivity contribution in [3.63, 3.8) is 0 Å². The van der Waals surface area contributed by atoms with Crippen molar-refractivity contribution in [3.05, 3.63) is 87.2 Å². The molecule has 1 aliphatic rings. The second-order valence-electron chi connectivity index (χ2n) is 7.15. The maximum absolute atomic E-state index is 13.6. The zero-order valence-corrected chi connectivity index (χ0v) is 18.8. The summed E-state index contributed by atoms with van der Waals surface area (Å²) in [5.74, 6) is 0.729. The molecular weight excluding hydrogens is 434 g/mol. The van der Waals surface area contributed by atoms with Crippen LogP contribution in [0.2, 0.25) is 5.02 Å². The SMILES string of the molecule is COc1ccc(Cl)cc1N1C(=O)C(SCc2ccco2)=C(c2ccc(C)cc2C)C1=O. The highest BCUT2D eigenvalue weighted by Crippen LogP contribution is 2.43. The molecule has 3 aromatic rings. The van der Waals surface area contributed by atoms with Crippen LogP contribution in [0, 0.1) is 13.8 Å². The van der Waals surface area contributed by atoms with Crippen LogP contribution in [0.15, 0.2) is 64.1 Å². The van der Waals surface area contributed by atoms with Crippen molar-refractivity contribution in [2.24, 2.45) is 0 Å². The number of furan rings is 1. The van der Waals surface area contributed by atoms with E-state index >= 15 is 0 Å². The summed E-state index contributed by atoms with van der Waals surface area (Å²) in [5, 5.41) is 0.404. The Bertz CT molecular complexity index is 1200. The fourth-order valence-electron chi connectivity index (χ4n) is 3.57. The van der Waals surface area contributed by atoms with Gasteiger partial charge < -0.3 is 9.15 Å². The van der Waals surface area contributed by atoms with Crippen LogP contribution in [0.5, 0.6) is 5.75 Å². The van der Waals surface area contributed by atoms with Crippen LogP contribution in [0.4, 0.5) is 5.69 Å². The van der Waals surface area contributed by atoms with Crippen LogP contribution in [0.1, 0.15) is 22.5 Å². The molecule has 7 heteroatoms. The molecule has 2 heterocycles. The van der Waals surface area contributed by atoms with E-state index in [0.29, 0.717) is 32.7 Å². The van der Waals surface area contributed by atoms with Crippen molar-refractivity contribution >= 4 is 46.4 Å². The number of nitrogens with zero attached hydrogens (tertiary/aromatic N) is 1. The van der Waals surface area contributed by atoms with Crippen LogP contribution in [0.25, 0.3) is 5.57 Å². The minimum absolute atomic E-state index is 0.320. The lowest BCUT2D eigenvalue weighted by Gasteiger charge is -2.18. The van der Waals surface area contributed by atoms with Gasteiger partial charge in [0.15, 0.2) is 0 Å². The molecule has 2 aromatic carbocycles. The molecule has 0 spiro atoms. The number of rotatable bonds is 6. The average Bonchev–Trinajstić information content (AvgIpc) is 3.33. The van der Waals surface area contributed by atoms with Crippen LogP contribution >= 0.6 is 23.4 Å². The van der Waals surface area contributed by atoms with E-state index in [0.717, 1.165) is 27.4 Å². The minimum Gasteiger partial charge on any atom is -0.495 e. The molecule has 2 amide bonds. The van der Waals surface area contributed by atoms with Gasteiger partial charge in [0.25, 0.3) is 11.8 Å². The number of anilines is 1. The third-order valence-corrected chi connectivity index (χ3v) is 6.34. The van der Waals surface area contributed by atoms with E-state index in [1.54, 1.807) is 30.5 Å². The minimum atomic E-state index is -0.405. The summed E-state index contributed by atoms with van der Waals surface area (Å²) in [6.07, 6.45) is 1.58. The Labute approximate surface area is 189 Å². The maximum Gasteiger partial charge on any atom is 0.272 e. The quantitative estimate of drug-likeness (QED) is 0.443. The first-order valence-corrected chi connectivity index (χ1v) is 11.0. The van der Waals surface area contributed by atoms with Gasteiger partial charge in [-0.3, -0.25) is 9.59 Å². The molecule has 31 heavy (non-hydrogen) atoms. The Morgan fingerprint density at radius 3 is 2.55 bits per heavy atom. The number of ether oxygens (including phenoxy) is 1. The monoisotopic (exact) mass is 453 g/mol. The lowest BCUT2D eigenvalue weighted by molar-refractivity contribution is -0.119. The molecule has 4 rings (SSSR count). The van der Waals surface area contributed by atoms with E-state index in [4.69, 9.17) is 20.8 Å². The van der Waals surface area contributed by atoms with Crippen LogP contribution in [0.3, 0.4) is 0 Å². The number of halogens is 1. The number of benzene rings is 2. The van der Waals surface area contributed by atoms with E-state index in [1.165, 1.54) is 18.9 Å². The molecule has 5 nitrogen and oxygen atoms in total. The Hall–Kier alpha value is -2.96. The van der Waals surface area contributed by atoms with Crippen LogP contribution in [-0.2, 0) is 15.3 Å². The van der Waals surface area contributed by atoms with Gasteiger partial charge >= 0.3 is 0 Å². The van der Waals surface area contributed by atoms with Crippen molar-refractivity contribution < 1.29 is 18.7 Å². The highest BCUT2D eigenvalue weighted by Gasteiger charge is 2.42. The molecular formula is C24H20ClNO4S. The van der Waals surface area contributed by atoms with Gasteiger partial charge in [-0.2, -0.15) is 0 Å². The first-order valence-electron chi connectivity index (χ1n) is 9.60. The van der Waals surface area contributed by atoms with Crippen molar-refractivity contribution in [2.75, 3.05) is 12.0 Å². The van der Waals surface area contributed by atoms with Crippen molar-refractivity contribution in [3.8, 4) is 5.75 Å². The Morgan fingerprint density at radius 1 is 1.06 bits per heavy atom. The zero-order valence-electron chi connectivity index (χ0n) is 17.3. The lowest BCUT2D eigenvalue weighted by atomic mass is 9.98.